The van der Waals surface area contributed by atoms with Crippen LogP contribution in [0.2, 0.25) is 0 Å². The molecule has 3 heteroatoms. The molecule has 1 aliphatic carbocycles. The Kier molecular flexibility index (Phi) is 4.72. The summed E-state index contributed by atoms with van der Waals surface area (Å²) in [6.07, 6.45) is 10.4. The van der Waals surface area contributed by atoms with Crippen LogP contribution in [-0.4, -0.2) is 4.98 Å². The fourth-order valence-electron chi connectivity index (χ4n) is 3.32. The third-order valence-corrected chi connectivity index (χ3v) is 4.45. The molecule has 3 atom stereocenters. The van der Waals surface area contributed by atoms with Crippen molar-refractivity contribution in [3.05, 3.63) is 29.6 Å². The van der Waals surface area contributed by atoms with Crippen LogP contribution in [0.4, 0.5) is 0 Å². The maximum atomic E-state index is 5.82. The molecule has 3 N–H and O–H groups in total. The van der Waals surface area contributed by atoms with E-state index in [1.807, 2.05) is 12.4 Å². The Bertz CT molecular complexity index is 378. The number of hydrogen-bond acceptors (Lipinski definition) is 3. The SMILES string of the molecule is CCC1CCCC(C(NN)c2ccncc2C)C1. The van der Waals surface area contributed by atoms with Crippen LogP contribution in [0, 0.1) is 18.8 Å². The van der Waals surface area contributed by atoms with Crippen molar-refractivity contribution in [1.29, 1.82) is 0 Å². The van der Waals surface area contributed by atoms with Gasteiger partial charge >= 0.3 is 0 Å². The van der Waals surface area contributed by atoms with Crippen molar-refractivity contribution >= 4 is 0 Å². The first kappa shape index (κ1) is 13.5. The van der Waals surface area contributed by atoms with Gasteiger partial charge in [0.2, 0.25) is 0 Å². The van der Waals surface area contributed by atoms with Gasteiger partial charge in [0, 0.05) is 18.4 Å². The zero-order valence-corrected chi connectivity index (χ0v) is 11.5. The summed E-state index contributed by atoms with van der Waals surface area (Å²) in [7, 11) is 0. The lowest BCUT2D eigenvalue weighted by atomic mass is 9.75. The molecule has 1 saturated carbocycles. The van der Waals surface area contributed by atoms with Crippen molar-refractivity contribution in [3.8, 4) is 0 Å². The van der Waals surface area contributed by atoms with E-state index in [1.165, 1.54) is 43.2 Å². The van der Waals surface area contributed by atoms with Gasteiger partial charge in [-0.05, 0) is 48.8 Å². The first-order valence-corrected chi connectivity index (χ1v) is 7.12. The summed E-state index contributed by atoms with van der Waals surface area (Å²) in [4.78, 5) is 4.17. The first-order chi connectivity index (χ1) is 8.76. The lowest BCUT2D eigenvalue weighted by Crippen LogP contribution is -2.36. The Hall–Kier alpha value is -0.930. The lowest BCUT2D eigenvalue weighted by Gasteiger charge is -2.34. The first-order valence-electron chi connectivity index (χ1n) is 7.12. The Morgan fingerprint density at radius 1 is 1.50 bits per heavy atom. The summed E-state index contributed by atoms with van der Waals surface area (Å²) >= 11 is 0. The molecule has 3 unspecified atom stereocenters. The summed E-state index contributed by atoms with van der Waals surface area (Å²) in [6, 6.07) is 2.39. The van der Waals surface area contributed by atoms with Gasteiger partial charge in [0.1, 0.15) is 0 Å². The standard InChI is InChI=1S/C15H25N3/c1-3-12-5-4-6-13(9-12)15(18-16)14-7-8-17-10-11(14)2/h7-8,10,12-13,15,18H,3-6,9,16H2,1-2H3. The molecule has 100 valence electrons. The molecule has 1 fully saturated rings. The summed E-state index contributed by atoms with van der Waals surface area (Å²) in [6.45, 7) is 4.42. The summed E-state index contributed by atoms with van der Waals surface area (Å²) < 4.78 is 0. The number of pyridine rings is 1. The summed E-state index contributed by atoms with van der Waals surface area (Å²) in [5.74, 6) is 7.36. The highest BCUT2D eigenvalue weighted by Crippen LogP contribution is 2.38. The van der Waals surface area contributed by atoms with Crippen LogP contribution in [0.3, 0.4) is 0 Å². The number of aryl methyl sites for hydroxylation is 1. The average Bonchev–Trinajstić information content (AvgIpc) is 2.42. The van der Waals surface area contributed by atoms with E-state index in [0.29, 0.717) is 5.92 Å². The second-order valence-electron chi connectivity index (χ2n) is 5.58. The van der Waals surface area contributed by atoms with E-state index in [-0.39, 0.29) is 6.04 Å². The molecule has 1 aromatic rings. The van der Waals surface area contributed by atoms with Crippen LogP contribution >= 0.6 is 0 Å². The van der Waals surface area contributed by atoms with Crippen molar-refractivity contribution in [2.75, 3.05) is 0 Å². The molecule has 1 aliphatic rings. The van der Waals surface area contributed by atoms with Gasteiger partial charge in [-0.2, -0.15) is 0 Å². The van der Waals surface area contributed by atoms with E-state index < -0.39 is 0 Å². The molecule has 0 aliphatic heterocycles. The van der Waals surface area contributed by atoms with Crippen LogP contribution in [0.25, 0.3) is 0 Å². The molecule has 3 nitrogen and oxygen atoms in total. The predicted molar refractivity (Wildman–Crippen MR) is 74.8 cm³/mol. The van der Waals surface area contributed by atoms with Crippen molar-refractivity contribution in [1.82, 2.24) is 10.4 Å². The van der Waals surface area contributed by atoms with Crippen molar-refractivity contribution in [2.24, 2.45) is 17.7 Å². The van der Waals surface area contributed by atoms with Gasteiger partial charge < -0.3 is 0 Å². The number of nitrogens with two attached hydrogens (primary N) is 1. The number of aromatic nitrogens is 1. The Labute approximate surface area is 110 Å². The van der Waals surface area contributed by atoms with E-state index in [2.05, 4.69) is 30.3 Å². The van der Waals surface area contributed by atoms with Crippen molar-refractivity contribution in [3.63, 3.8) is 0 Å². The minimum absolute atomic E-state index is 0.280. The largest absolute Gasteiger partial charge is 0.271 e. The van der Waals surface area contributed by atoms with Crippen molar-refractivity contribution in [2.45, 2.75) is 52.0 Å². The Morgan fingerprint density at radius 2 is 2.33 bits per heavy atom. The molecular weight excluding hydrogens is 222 g/mol. The van der Waals surface area contributed by atoms with Gasteiger partial charge in [-0.3, -0.25) is 16.3 Å². The minimum atomic E-state index is 0.280. The number of hydrazine groups is 1. The number of nitrogens with zero attached hydrogens (tertiary/aromatic N) is 1. The van der Waals surface area contributed by atoms with Gasteiger partial charge in [0.25, 0.3) is 0 Å². The maximum absolute atomic E-state index is 5.82. The molecule has 1 heterocycles. The van der Waals surface area contributed by atoms with Gasteiger partial charge in [0.15, 0.2) is 0 Å². The van der Waals surface area contributed by atoms with Crippen LogP contribution in [-0.2, 0) is 0 Å². The van der Waals surface area contributed by atoms with E-state index in [4.69, 9.17) is 5.84 Å². The average molecular weight is 247 g/mol. The van der Waals surface area contributed by atoms with Crippen LogP contribution in [0.1, 0.15) is 56.2 Å². The molecule has 1 aromatic heterocycles. The fourth-order valence-corrected chi connectivity index (χ4v) is 3.32. The Morgan fingerprint density at radius 3 is 3.00 bits per heavy atom. The van der Waals surface area contributed by atoms with E-state index in [1.54, 1.807) is 0 Å². The van der Waals surface area contributed by atoms with Crippen LogP contribution < -0.4 is 11.3 Å². The summed E-state index contributed by atoms with van der Waals surface area (Å²) in [5.41, 5.74) is 5.60. The molecule has 0 aromatic carbocycles. The minimum Gasteiger partial charge on any atom is -0.271 e. The number of hydrogen-bond donors (Lipinski definition) is 2. The topological polar surface area (TPSA) is 50.9 Å². The maximum Gasteiger partial charge on any atom is 0.0491 e. The molecule has 2 rings (SSSR count). The van der Waals surface area contributed by atoms with Crippen molar-refractivity contribution < 1.29 is 0 Å². The van der Waals surface area contributed by atoms with Gasteiger partial charge in [-0.25, -0.2) is 0 Å². The van der Waals surface area contributed by atoms with Gasteiger partial charge in [-0.1, -0.05) is 26.2 Å². The highest BCUT2D eigenvalue weighted by molar-refractivity contribution is 5.26. The quantitative estimate of drug-likeness (QED) is 0.635. The second-order valence-corrected chi connectivity index (χ2v) is 5.58. The third-order valence-electron chi connectivity index (χ3n) is 4.45. The Balaban J connectivity index is 2.15. The van der Waals surface area contributed by atoms with E-state index >= 15 is 0 Å². The van der Waals surface area contributed by atoms with Crippen LogP contribution in [0.5, 0.6) is 0 Å². The molecule has 0 saturated heterocycles. The third kappa shape index (κ3) is 2.90. The highest BCUT2D eigenvalue weighted by Gasteiger charge is 2.28. The monoisotopic (exact) mass is 247 g/mol. The molecule has 0 bridgehead atoms. The molecule has 0 amide bonds. The normalized spacial score (nSPS) is 25.9. The van der Waals surface area contributed by atoms with E-state index in [0.717, 1.165) is 5.92 Å². The molecule has 0 spiro atoms. The highest BCUT2D eigenvalue weighted by atomic mass is 15.2. The lowest BCUT2D eigenvalue weighted by molar-refractivity contribution is 0.209. The van der Waals surface area contributed by atoms with E-state index in [9.17, 15) is 0 Å². The fraction of sp³-hybridized carbons (Fsp3) is 0.667. The zero-order chi connectivity index (χ0) is 13.0. The number of nitrogens with one attached hydrogen (secondary N) is 1. The smallest absolute Gasteiger partial charge is 0.0491 e. The zero-order valence-electron chi connectivity index (χ0n) is 11.5. The van der Waals surface area contributed by atoms with Gasteiger partial charge in [-0.15, -0.1) is 0 Å². The second kappa shape index (κ2) is 6.30. The molecular formula is C15H25N3. The predicted octanol–water partition coefficient (Wildman–Crippen LogP) is 3.11. The summed E-state index contributed by atoms with van der Waals surface area (Å²) in [5, 5.41) is 0. The van der Waals surface area contributed by atoms with Crippen LogP contribution in [0.15, 0.2) is 18.5 Å². The number of rotatable bonds is 4. The molecule has 18 heavy (non-hydrogen) atoms. The van der Waals surface area contributed by atoms with Gasteiger partial charge in [0.05, 0.1) is 0 Å². The molecule has 0 radical (unpaired) electrons.